The molecule has 0 atom stereocenters. The molecule has 0 aromatic carbocycles. The maximum Gasteiger partial charge on any atom is 0.148 e. The number of ether oxygens (including phenoxy) is 2. The Balaban J connectivity index is 2.19. The third-order valence-electron chi connectivity index (χ3n) is 2.91. The number of nitrogens with zero attached hydrogens (tertiary/aromatic N) is 2. The second-order valence-electron chi connectivity index (χ2n) is 4.40. The lowest BCUT2D eigenvalue weighted by Gasteiger charge is -2.09. The van der Waals surface area contributed by atoms with Gasteiger partial charge in [0.25, 0.3) is 0 Å². The molecule has 1 aromatic rings. The van der Waals surface area contributed by atoms with Crippen LogP contribution in [0.25, 0.3) is 0 Å². The first-order chi connectivity index (χ1) is 9.20. The number of unbranched alkanes of at least 4 members (excludes halogenated alkanes) is 1. The van der Waals surface area contributed by atoms with Crippen molar-refractivity contribution in [1.29, 1.82) is 0 Å². The molecule has 0 aliphatic carbocycles. The zero-order valence-corrected chi connectivity index (χ0v) is 12.2. The molecule has 0 spiro atoms. The first-order valence-corrected chi connectivity index (χ1v) is 6.84. The fourth-order valence-corrected chi connectivity index (χ4v) is 1.79. The van der Waals surface area contributed by atoms with Crippen LogP contribution in [0.1, 0.15) is 25.5 Å². The molecule has 0 aliphatic heterocycles. The Morgan fingerprint density at radius 1 is 1.26 bits per heavy atom. The second-order valence-corrected chi connectivity index (χ2v) is 4.40. The van der Waals surface area contributed by atoms with Gasteiger partial charge in [0.05, 0.1) is 24.6 Å². The summed E-state index contributed by atoms with van der Waals surface area (Å²) in [5, 5.41) is 7.72. The van der Waals surface area contributed by atoms with E-state index < -0.39 is 0 Å². The lowest BCUT2D eigenvalue weighted by Crippen LogP contribution is -2.10. The summed E-state index contributed by atoms with van der Waals surface area (Å²) in [6.45, 7) is 7.77. The summed E-state index contributed by atoms with van der Waals surface area (Å²) < 4.78 is 12.2. The summed E-state index contributed by atoms with van der Waals surface area (Å²) in [4.78, 5) is 0. The molecule has 0 saturated heterocycles. The second kappa shape index (κ2) is 8.77. The van der Waals surface area contributed by atoms with Crippen LogP contribution in [0.15, 0.2) is 0 Å². The van der Waals surface area contributed by atoms with E-state index in [2.05, 4.69) is 17.3 Å². The lowest BCUT2D eigenvalue weighted by molar-refractivity contribution is 0.0691. The lowest BCUT2D eigenvalue weighted by atomic mass is 10.3. The molecule has 110 valence electrons. The van der Waals surface area contributed by atoms with Gasteiger partial charge in [0.15, 0.2) is 0 Å². The van der Waals surface area contributed by atoms with Gasteiger partial charge in [0.1, 0.15) is 5.82 Å². The summed E-state index contributed by atoms with van der Waals surface area (Å²) in [5.74, 6) is 0.931. The summed E-state index contributed by atoms with van der Waals surface area (Å²) in [7, 11) is 1.68. The average molecular weight is 270 g/mol. The highest BCUT2D eigenvalue weighted by Crippen LogP contribution is 2.21. The molecule has 1 rings (SSSR count). The SMILES string of the molecule is CCn1nc(C)c(N)c1NCCCCOCCOC. The number of nitrogens with one attached hydrogen (secondary N) is 1. The van der Waals surface area contributed by atoms with Gasteiger partial charge in [-0.1, -0.05) is 0 Å². The first kappa shape index (κ1) is 15.8. The van der Waals surface area contributed by atoms with Crippen LogP contribution in [0, 0.1) is 6.92 Å². The maximum atomic E-state index is 5.99. The van der Waals surface area contributed by atoms with Gasteiger partial charge in [0, 0.05) is 26.8 Å². The summed E-state index contributed by atoms with van der Waals surface area (Å²) in [5.41, 5.74) is 7.62. The van der Waals surface area contributed by atoms with E-state index in [9.17, 15) is 0 Å². The highest BCUT2D eigenvalue weighted by molar-refractivity contribution is 5.64. The van der Waals surface area contributed by atoms with Gasteiger partial charge < -0.3 is 20.5 Å². The summed E-state index contributed by atoms with van der Waals surface area (Å²) in [6, 6.07) is 0. The van der Waals surface area contributed by atoms with Crippen LogP contribution in [0.2, 0.25) is 0 Å². The number of methoxy groups -OCH3 is 1. The van der Waals surface area contributed by atoms with Crippen molar-refractivity contribution in [3.8, 4) is 0 Å². The Hall–Kier alpha value is -1.27. The Morgan fingerprint density at radius 3 is 2.74 bits per heavy atom. The standard InChI is InChI=1S/C13H26N4O2/c1-4-17-13(12(14)11(2)16-17)15-7-5-6-8-19-10-9-18-3/h15H,4-10,14H2,1-3H3. The van der Waals surface area contributed by atoms with Crippen LogP contribution >= 0.6 is 0 Å². The Kier molecular flexibility index (Phi) is 7.28. The fraction of sp³-hybridized carbons (Fsp3) is 0.769. The van der Waals surface area contributed by atoms with Gasteiger partial charge in [-0.15, -0.1) is 0 Å². The monoisotopic (exact) mass is 270 g/mol. The molecule has 3 N–H and O–H groups in total. The number of anilines is 2. The summed E-state index contributed by atoms with van der Waals surface area (Å²) >= 11 is 0. The van der Waals surface area contributed by atoms with Crippen molar-refractivity contribution >= 4 is 11.5 Å². The molecule has 6 heteroatoms. The third kappa shape index (κ3) is 5.08. The van der Waals surface area contributed by atoms with E-state index in [-0.39, 0.29) is 0 Å². The highest BCUT2D eigenvalue weighted by atomic mass is 16.5. The molecule has 0 amide bonds. The Bertz CT molecular complexity index is 366. The topological polar surface area (TPSA) is 74.3 Å². The number of rotatable bonds is 10. The summed E-state index contributed by atoms with van der Waals surface area (Å²) in [6.07, 6.45) is 2.07. The molecule has 0 bridgehead atoms. The van der Waals surface area contributed by atoms with E-state index in [1.165, 1.54) is 0 Å². The number of hydrogen-bond donors (Lipinski definition) is 2. The molecule has 0 fully saturated rings. The molecule has 1 aromatic heterocycles. The van der Waals surface area contributed by atoms with Crippen LogP contribution in [-0.2, 0) is 16.0 Å². The highest BCUT2D eigenvalue weighted by Gasteiger charge is 2.10. The van der Waals surface area contributed by atoms with Crippen LogP contribution < -0.4 is 11.1 Å². The van der Waals surface area contributed by atoms with Gasteiger partial charge >= 0.3 is 0 Å². The van der Waals surface area contributed by atoms with Crippen molar-refractivity contribution in [2.45, 2.75) is 33.2 Å². The Labute approximate surface area is 115 Å². The van der Waals surface area contributed by atoms with E-state index in [1.807, 2.05) is 11.6 Å². The van der Waals surface area contributed by atoms with Crippen LogP contribution in [0.5, 0.6) is 0 Å². The van der Waals surface area contributed by atoms with Crippen molar-refractivity contribution in [2.75, 3.05) is 44.5 Å². The molecule has 6 nitrogen and oxygen atoms in total. The van der Waals surface area contributed by atoms with Crippen LogP contribution in [0.3, 0.4) is 0 Å². The van der Waals surface area contributed by atoms with Crippen LogP contribution in [0.4, 0.5) is 11.5 Å². The normalized spacial score (nSPS) is 10.9. The van der Waals surface area contributed by atoms with Gasteiger partial charge in [-0.05, 0) is 26.7 Å². The van der Waals surface area contributed by atoms with E-state index >= 15 is 0 Å². The molecule has 0 saturated carbocycles. The van der Waals surface area contributed by atoms with Gasteiger partial charge in [0.2, 0.25) is 0 Å². The van der Waals surface area contributed by atoms with Gasteiger partial charge in [-0.3, -0.25) is 0 Å². The Morgan fingerprint density at radius 2 is 2.05 bits per heavy atom. The minimum Gasteiger partial charge on any atom is -0.394 e. The van der Waals surface area contributed by atoms with Gasteiger partial charge in [-0.2, -0.15) is 5.10 Å². The minimum atomic E-state index is 0.656. The van der Waals surface area contributed by atoms with Crippen molar-refractivity contribution < 1.29 is 9.47 Å². The fourth-order valence-electron chi connectivity index (χ4n) is 1.79. The number of nitrogen functional groups attached to an aromatic ring is 1. The molecular weight excluding hydrogens is 244 g/mol. The van der Waals surface area contributed by atoms with Gasteiger partial charge in [-0.25, -0.2) is 4.68 Å². The molecule has 1 heterocycles. The van der Waals surface area contributed by atoms with Crippen molar-refractivity contribution in [1.82, 2.24) is 9.78 Å². The predicted molar refractivity (Wildman–Crippen MR) is 77.5 cm³/mol. The zero-order chi connectivity index (χ0) is 14.1. The quantitative estimate of drug-likeness (QED) is 0.632. The average Bonchev–Trinajstić information content (AvgIpc) is 2.69. The molecule has 0 aliphatic rings. The first-order valence-electron chi connectivity index (χ1n) is 6.84. The third-order valence-corrected chi connectivity index (χ3v) is 2.91. The minimum absolute atomic E-state index is 0.656. The van der Waals surface area contributed by atoms with Crippen molar-refractivity contribution in [2.24, 2.45) is 0 Å². The number of nitrogens with two attached hydrogens (primary N) is 1. The maximum absolute atomic E-state index is 5.99. The van der Waals surface area contributed by atoms with E-state index in [0.29, 0.717) is 13.2 Å². The molecule has 19 heavy (non-hydrogen) atoms. The smallest absolute Gasteiger partial charge is 0.148 e. The molecule has 0 radical (unpaired) electrons. The van der Waals surface area contributed by atoms with E-state index in [4.69, 9.17) is 15.2 Å². The number of hydrogen-bond acceptors (Lipinski definition) is 5. The predicted octanol–water partition coefficient (Wildman–Crippen LogP) is 1.65. The number of aromatic nitrogens is 2. The van der Waals surface area contributed by atoms with E-state index in [0.717, 1.165) is 49.7 Å². The van der Waals surface area contributed by atoms with Crippen molar-refractivity contribution in [3.05, 3.63) is 5.69 Å². The van der Waals surface area contributed by atoms with Crippen LogP contribution in [-0.4, -0.2) is 43.3 Å². The number of aryl methyl sites for hydroxylation is 2. The van der Waals surface area contributed by atoms with E-state index in [1.54, 1.807) is 7.11 Å². The molecule has 0 unspecified atom stereocenters. The molecular formula is C13H26N4O2. The largest absolute Gasteiger partial charge is 0.394 e. The zero-order valence-electron chi connectivity index (χ0n) is 12.2. The van der Waals surface area contributed by atoms with Crippen molar-refractivity contribution in [3.63, 3.8) is 0 Å².